The Morgan fingerprint density at radius 3 is 3.12 bits per heavy atom. The molecule has 4 rings (SSSR count). The standard InChI is InChI=1S/C20H18FNO2S/c1-12-5-6-14-13(11-24-18(14)9-12)10-19(23)22-17-7-8-25-20-15(17)3-2-4-16(20)21/h2-6,9,11,17H,7-8,10H2,1H3,(H,22,23)/t17-/m1/s1. The number of halogens is 1. The van der Waals surface area contributed by atoms with E-state index in [2.05, 4.69) is 5.32 Å². The minimum Gasteiger partial charge on any atom is -0.464 e. The Balaban J connectivity index is 1.52. The number of hydrogen-bond donors (Lipinski definition) is 1. The number of aryl methyl sites for hydroxylation is 1. The van der Waals surface area contributed by atoms with Crippen molar-refractivity contribution in [3.63, 3.8) is 0 Å². The van der Waals surface area contributed by atoms with Crippen molar-refractivity contribution in [1.82, 2.24) is 5.32 Å². The molecule has 1 atom stereocenters. The van der Waals surface area contributed by atoms with Crippen molar-refractivity contribution in [3.8, 4) is 0 Å². The molecule has 0 saturated carbocycles. The van der Waals surface area contributed by atoms with Crippen LogP contribution in [0.4, 0.5) is 4.39 Å². The maximum Gasteiger partial charge on any atom is 0.225 e. The Labute approximate surface area is 149 Å². The van der Waals surface area contributed by atoms with Crippen LogP contribution in [0.25, 0.3) is 11.0 Å². The Hall–Kier alpha value is -2.27. The molecule has 3 aromatic rings. The highest BCUT2D eigenvalue weighted by Gasteiger charge is 2.24. The van der Waals surface area contributed by atoms with E-state index in [1.807, 2.05) is 31.2 Å². The number of fused-ring (bicyclic) bond motifs is 2. The molecule has 0 radical (unpaired) electrons. The summed E-state index contributed by atoms with van der Waals surface area (Å²) in [5.41, 5.74) is 3.66. The lowest BCUT2D eigenvalue weighted by Crippen LogP contribution is -2.31. The highest BCUT2D eigenvalue weighted by Crippen LogP contribution is 2.37. The van der Waals surface area contributed by atoms with Gasteiger partial charge in [0.1, 0.15) is 11.4 Å². The number of carbonyl (C=O) groups is 1. The van der Waals surface area contributed by atoms with Crippen molar-refractivity contribution in [3.05, 3.63) is 65.2 Å². The zero-order chi connectivity index (χ0) is 17.4. The molecule has 1 aliphatic rings. The number of amides is 1. The van der Waals surface area contributed by atoms with E-state index < -0.39 is 0 Å². The Kier molecular flexibility index (Phi) is 4.25. The van der Waals surface area contributed by atoms with Crippen molar-refractivity contribution in [2.24, 2.45) is 0 Å². The van der Waals surface area contributed by atoms with Crippen LogP contribution in [0.5, 0.6) is 0 Å². The number of thioether (sulfide) groups is 1. The lowest BCUT2D eigenvalue weighted by Gasteiger charge is -2.26. The summed E-state index contributed by atoms with van der Waals surface area (Å²) in [4.78, 5) is 13.2. The topological polar surface area (TPSA) is 42.2 Å². The molecule has 2 heterocycles. The van der Waals surface area contributed by atoms with Crippen LogP contribution in [0.2, 0.25) is 0 Å². The van der Waals surface area contributed by atoms with Gasteiger partial charge in [0.25, 0.3) is 0 Å². The molecule has 1 amide bonds. The summed E-state index contributed by atoms with van der Waals surface area (Å²) < 4.78 is 19.5. The number of hydrogen-bond acceptors (Lipinski definition) is 3. The molecule has 25 heavy (non-hydrogen) atoms. The zero-order valence-corrected chi connectivity index (χ0v) is 14.7. The molecule has 3 nitrogen and oxygen atoms in total. The average Bonchev–Trinajstić information content (AvgIpc) is 2.97. The molecule has 0 saturated heterocycles. The quantitative estimate of drug-likeness (QED) is 0.735. The Bertz CT molecular complexity index is 950. The minimum absolute atomic E-state index is 0.0737. The molecular weight excluding hydrogens is 337 g/mol. The highest BCUT2D eigenvalue weighted by atomic mass is 32.2. The van der Waals surface area contributed by atoms with Gasteiger partial charge in [-0.3, -0.25) is 4.79 Å². The second-order valence-electron chi connectivity index (χ2n) is 6.35. The molecule has 0 bridgehead atoms. The summed E-state index contributed by atoms with van der Waals surface area (Å²) in [5.74, 6) is 0.514. The van der Waals surface area contributed by atoms with E-state index >= 15 is 0 Å². The van der Waals surface area contributed by atoms with E-state index in [1.54, 1.807) is 12.3 Å². The van der Waals surface area contributed by atoms with Gasteiger partial charge in [-0.05, 0) is 36.6 Å². The first-order chi connectivity index (χ1) is 12.1. The fourth-order valence-corrected chi connectivity index (χ4v) is 4.42. The predicted molar refractivity (Wildman–Crippen MR) is 97.3 cm³/mol. The summed E-state index contributed by atoms with van der Waals surface area (Å²) in [7, 11) is 0. The summed E-state index contributed by atoms with van der Waals surface area (Å²) in [6.07, 6.45) is 2.70. The van der Waals surface area contributed by atoms with Crippen LogP contribution in [-0.4, -0.2) is 11.7 Å². The lowest BCUT2D eigenvalue weighted by atomic mass is 10.0. The third-order valence-electron chi connectivity index (χ3n) is 4.52. The van der Waals surface area contributed by atoms with Gasteiger partial charge >= 0.3 is 0 Å². The summed E-state index contributed by atoms with van der Waals surface area (Å²) in [5, 5.41) is 4.02. The molecule has 1 N–H and O–H groups in total. The second kappa shape index (κ2) is 6.56. The molecule has 128 valence electrons. The van der Waals surface area contributed by atoms with E-state index in [1.165, 1.54) is 17.8 Å². The van der Waals surface area contributed by atoms with E-state index in [0.29, 0.717) is 4.90 Å². The van der Waals surface area contributed by atoms with Gasteiger partial charge in [0.15, 0.2) is 0 Å². The fourth-order valence-electron chi connectivity index (χ4n) is 3.28. The Morgan fingerprint density at radius 1 is 1.36 bits per heavy atom. The number of rotatable bonds is 3. The minimum atomic E-state index is -0.211. The maximum atomic E-state index is 13.9. The molecule has 0 spiro atoms. The van der Waals surface area contributed by atoms with Gasteiger partial charge in [0, 0.05) is 21.6 Å². The third kappa shape index (κ3) is 3.16. The van der Waals surface area contributed by atoms with Crippen molar-refractivity contribution >= 4 is 28.6 Å². The normalized spacial score (nSPS) is 16.6. The number of nitrogens with one attached hydrogen (secondary N) is 1. The van der Waals surface area contributed by atoms with Gasteiger partial charge in [0.05, 0.1) is 18.7 Å². The summed E-state index contributed by atoms with van der Waals surface area (Å²) in [6, 6.07) is 10.9. The van der Waals surface area contributed by atoms with Gasteiger partial charge in [-0.25, -0.2) is 4.39 Å². The second-order valence-corrected chi connectivity index (χ2v) is 7.46. The van der Waals surface area contributed by atoms with Crippen LogP contribution in [0.15, 0.2) is 52.0 Å². The molecule has 2 aromatic carbocycles. The molecular formula is C20H18FNO2S. The summed E-state index contributed by atoms with van der Waals surface area (Å²) >= 11 is 1.51. The van der Waals surface area contributed by atoms with Crippen LogP contribution >= 0.6 is 11.8 Å². The van der Waals surface area contributed by atoms with Gasteiger partial charge in [0.2, 0.25) is 5.91 Å². The molecule has 0 aliphatic carbocycles. The van der Waals surface area contributed by atoms with Gasteiger partial charge in [-0.1, -0.05) is 24.3 Å². The van der Waals surface area contributed by atoms with Gasteiger partial charge < -0.3 is 9.73 Å². The molecule has 5 heteroatoms. The predicted octanol–water partition coefficient (Wildman–Crippen LogP) is 4.78. The number of benzene rings is 2. The van der Waals surface area contributed by atoms with Crippen LogP contribution in [-0.2, 0) is 11.2 Å². The van der Waals surface area contributed by atoms with Gasteiger partial charge in [-0.2, -0.15) is 0 Å². The van der Waals surface area contributed by atoms with Crippen LogP contribution in [0, 0.1) is 12.7 Å². The van der Waals surface area contributed by atoms with Crippen molar-refractivity contribution < 1.29 is 13.6 Å². The fraction of sp³-hybridized carbons (Fsp3) is 0.250. The van der Waals surface area contributed by atoms with Crippen LogP contribution < -0.4 is 5.32 Å². The highest BCUT2D eigenvalue weighted by molar-refractivity contribution is 7.99. The van der Waals surface area contributed by atoms with Crippen LogP contribution in [0.3, 0.4) is 0 Å². The largest absolute Gasteiger partial charge is 0.464 e. The van der Waals surface area contributed by atoms with Gasteiger partial charge in [-0.15, -0.1) is 11.8 Å². The first-order valence-electron chi connectivity index (χ1n) is 8.29. The first kappa shape index (κ1) is 16.2. The van der Waals surface area contributed by atoms with E-state index in [-0.39, 0.29) is 24.2 Å². The van der Waals surface area contributed by atoms with Crippen LogP contribution in [0.1, 0.15) is 29.2 Å². The first-order valence-corrected chi connectivity index (χ1v) is 9.27. The maximum absolute atomic E-state index is 13.9. The molecule has 0 unspecified atom stereocenters. The molecule has 0 fully saturated rings. The molecule has 1 aliphatic heterocycles. The van der Waals surface area contributed by atoms with Crippen molar-refractivity contribution in [2.75, 3.05) is 5.75 Å². The zero-order valence-electron chi connectivity index (χ0n) is 13.8. The van der Waals surface area contributed by atoms with Crippen molar-refractivity contribution in [1.29, 1.82) is 0 Å². The monoisotopic (exact) mass is 355 g/mol. The SMILES string of the molecule is Cc1ccc2c(CC(=O)N[C@@H]3CCSc4c(F)cccc43)coc2c1. The molecule has 1 aromatic heterocycles. The lowest BCUT2D eigenvalue weighted by molar-refractivity contribution is -0.121. The average molecular weight is 355 g/mol. The van der Waals surface area contributed by atoms with Crippen molar-refractivity contribution in [2.45, 2.75) is 30.7 Å². The summed E-state index contributed by atoms with van der Waals surface area (Å²) in [6.45, 7) is 2.01. The van der Waals surface area contributed by atoms with E-state index in [0.717, 1.165) is 39.8 Å². The number of carbonyl (C=O) groups excluding carboxylic acids is 1. The smallest absolute Gasteiger partial charge is 0.225 e. The number of furan rings is 1. The van der Waals surface area contributed by atoms with E-state index in [9.17, 15) is 9.18 Å². The van der Waals surface area contributed by atoms with E-state index in [4.69, 9.17) is 4.42 Å². The third-order valence-corrected chi connectivity index (χ3v) is 5.68. The Morgan fingerprint density at radius 2 is 2.24 bits per heavy atom.